The van der Waals surface area contributed by atoms with Gasteiger partial charge in [0.15, 0.2) is 0 Å². The Balaban J connectivity index is 0.00000131. The van der Waals surface area contributed by atoms with E-state index in [4.69, 9.17) is 0 Å². The van der Waals surface area contributed by atoms with E-state index in [1.807, 2.05) is 0 Å². The van der Waals surface area contributed by atoms with Crippen LogP contribution in [0.3, 0.4) is 0 Å². The number of hydrogen-bond acceptors (Lipinski definition) is 0. The summed E-state index contributed by atoms with van der Waals surface area (Å²) >= 11 is 0. The first kappa shape index (κ1) is 25.4. The summed E-state index contributed by atoms with van der Waals surface area (Å²) in [5, 5.41) is 8.77. The standard InChI is InChI=1S/C24H25P.2ClH.Ti/c1-6-25(19-11-21-15(2)7-8-16(3)22(21)12-19)20-13-23-17(4)9-10-18(5)24(23)14-20;;;/h7-14H,6H2,1-5H3;2*1H;/q-2;;;+4/p-2. The quantitative estimate of drug-likeness (QED) is 0.230. The van der Waals surface area contributed by atoms with Gasteiger partial charge in [0.05, 0.1) is 0 Å². The molecular formula is C24H25Cl2PTi. The van der Waals surface area contributed by atoms with E-state index in [1.165, 1.54) is 60.6 Å². The zero-order valence-electron chi connectivity index (χ0n) is 17.0. The van der Waals surface area contributed by atoms with Crippen molar-refractivity contribution in [3.8, 4) is 0 Å². The minimum atomic E-state index is -0.292. The molecule has 0 radical (unpaired) electrons. The van der Waals surface area contributed by atoms with Crippen molar-refractivity contribution in [1.29, 1.82) is 0 Å². The van der Waals surface area contributed by atoms with Crippen molar-refractivity contribution in [3.63, 3.8) is 0 Å². The number of rotatable bonds is 3. The van der Waals surface area contributed by atoms with E-state index in [0.717, 1.165) is 0 Å². The molecule has 0 bridgehead atoms. The van der Waals surface area contributed by atoms with Gasteiger partial charge in [-0.2, -0.15) is 12.1 Å². The minimum absolute atomic E-state index is 0. The molecule has 0 heterocycles. The summed E-state index contributed by atoms with van der Waals surface area (Å²) in [6.45, 7) is 11.2. The Morgan fingerprint density at radius 2 is 1.04 bits per heavy atom. The van der Waals surface area contributed by atoms with Crippen molar-refractivity contribution in [2.75, 3.05) is 6.16 Å². The molecule has 0 aromatic heterocycles. The van der Waals surface area contributed by atoms with Crippen molar-refractivity contribution in [2.45, 2.75) is 34.6 Å². The van der Waals surface area contributed by atoms with E-state index < -0.39 is 0 Å². The van der Waals surface area contributed by atoms with Crippen molar-refractivity contribution >= 4 is 40.1 Å². The molecule has 0 atom stereocenters. The van der Waals surface area contributed by atoms with Crippen LogP contribution in [0.15, 0.2) is 48.5 Å². The second-order valence-corrected chi connectivity index (χ2v) is 9.75. The molecule has 4 aromatic rings. The van der Waals surface area contributed by atoms with Crippen molar-refractivity contribution < 1.29 is 46.5 Å². The van der Waals surface area contributed by atoms with Gasteiger partial charge in [0.2, 0.25) is 0 Å². The Kier molecular flexibility index (Phi) is 9.01. The number of benzene rings is 2. The van der Waals surface area contributed by atoms with Gasteiger partial charge in [0.25, 0.3) is 0 Å². The van der Waals surface area contributed by atoms with Crippen LogP contribution in [0.4, 0.5) is 0 Å². The molecule has 0 fully saturated rings. The molecule has 0 saturated heterocycles. The van der Waals surface area contributed by atoms with E-state index >= 15 is 0 Å². The average Bonchev–Trinajstić information content (AvgIpc) is 3.22. The summed E-state index contributed by atoms with van der Waals surface area (Å²) in [6.07, 6.45) is 1.19. The van der Waals surface area contributed by atoms with Gasteiger partial charge in [-0.1, -0.05) is 52.0 Å². The van der Waals surface area contributed by atoms with Crippen LogP contribution in [0, 0.1) is 27.7 Å². The van der Waals surface area contributed by atoms with Crippen molar-refractivity contribution in [1.82, 2.24) is 0 Å². The van der Waals surface area contributed by atoms with Crippen molar-refractivity contribution in [2.24, 2.45) is 0 Å². The van der Waals surface area contributed by atoms with E-state index in [9.17, 15) is 0 Å². The molecule has 0 saturated carbocycles. The van der Waals surface area contributed by atoms with Gasteiger partial charge in [0.1, 0.15) is 0 Å². The molecule has 4 heteroatoms. The van der Waals surface area contributed by atoms with Gasteiger partial charge < -0.3 is 24.8 Å². The Bertz CT molecular complexity index is 927. The molecule has 28 heavy (non-hydrogen) atoms. The average molecular weight is 463 g/mol. The third-order valence-corrected chi connectivity index (χ3v) is 7.95. The molecule has 4 rings (SSSR count). The van der Waals surface area contributed by atoms with E-state index in [2.05, 4.69) is 83.1 Å². The van der Waals surface area contributed by atoms with Crippen LogP contribution in [-0.4, -0.2) is 6.16 Å². The molecule has 0 aliphatic rings. The summed E-state index contributed by atoms with van der Waals surface area (Å²) in [6, 6.07) is 18.8. The Morgan fingerprint density at radius 1 is 0.679 bits per heavy atom. The summed E-state index contributed by atoms with van der Waals surface area (Å²) in [5.41, 5.74) is 5.55. The molecule has 0 unspecified atom stereocenters. The number of fused-ring (bicyclic) bond motifs is 2. The minimum Gasteiger partial charge on any atom is -1.00 e. The maximum atomic E-state index is 2.45. The Hall–Kier alpha value is -0.616. The predicted molar refractivity (Wildman–Crippen MR) is 115 cm³/mol. The van der Waals surface area contributed by atoms with Crippen LogP contribution < -0.4 is 35.4 Å². The molecule has 0 nitrogen and oxygen atoms in total. The van der Waals surface area contributed by atoms with Crippen LogP contribution in [0.1, 0.15) is 29.2 Å². The second kappa shape index (κ2) is 9.93. The third-order valence-electron chi connectivity index (χ3n) is 5.55. The molecule has 0 amide bonds. The fourth-order valence-electron chi connectivity index (χ4n) is 3.98. The third kappa shape index (κ3) is 4.28. The summed E-state index contributed by atoms with van der Waals surface area (Å²) < 4.78 is 0. The maximum absolute atomic E-state index is 2.45. The van der Waals surface area contributed by atoms with Crippen LogP contribution in [0.25, 0.3) is 21.5 Å². The molecule has 0 spiro atoms. The van der Waals surface area contributed by atoms with Crippen LogP contribution in [-0.2, 0) is 21.7 Å². The molecule has 0 aliphatic carbocycles. The predicted octanol–water partition coefficient (Wildman–Crippen LogP) is 0.123. The van der Waals surface area contributed by atoms with E-state index in [-0.39, 0.29) is 54.5 Å². The first-order chi connectivity index (χ1) is 12.0. The van der Waals surface area contributed by atoms with Gasteiger partial charge in [-0.25, -0.2) is 0 Å². The van der Waals surface area contributed by atoms with E-state index in [0.29, 0.717) is 0 Å². The van der Waals surface area contributed by atoms with Gasteiger partial charge in [-0.3, -0.25) is 0 Å². The Morgan fingerprint density at radius 3 is 1.36 bits per heavy atom. The number of aryl methyl sites for hydroxylation is 4. The topological polar surface area (TPSA) is 0 Å². The summed E-state index contributed by atoms with van der Waals surface area (Å²) in [5.74, 6) is 0. The SMILES string of the molecule is CCP(c1cc2c(C)ccc(C)c2[cH-]1)c1cc2c(C)ccc(C)c2[cH-]1.[Cl-].[Cl-].[Ti+4]. The molecule has 0 aliphatic heterocycles. The number of hydrogen-bond donors (Lipinski definition) is 0. The monoisotopic (exact) mass is 462 g/mol. The summed E-state index contributed by atoms with van der Waals surface area (Å²) in [4.78, 5) is 0. The van der Waals surface area contributed by atoms with Gasteiger partial charge in [-0.15, -0.1) is 67.5 Å². The fourth-order valence-corrected chi connectivity index (χ4v) is 6.14. The van der Waals surface area contributed by atoms with Crippen LogP contribution in [0.2, 0.25) is 0 Å². The normalized spacial score (nSPS) is 10.6. The zero-order valence-corrected chi connectivity index (χ0v) is 21.0. The summed E-state index contributed by atoms with van der Waals surface area (Å²) in [7, 11) is -0.292. The molecule has 0 N–H and O–H groups in total. The van der Waals surface area contributed by atoms with Crippen LogP contribution >= 0.6 is 7.92 Å². The first-order valence-corrected chi connectivity index (χ1v) is 10.6. The second-order valence-electron chi connectivity index (χ2n) is 7.22. The fraction of sp³-hybridized carbons (Fsp3) is 0.250. The van der Waals surface area contributed by atoms with Crippen molar-refractivity contribution in [3.05, 3.63) is 70.8 Å². The van der Waals surface area contributed by atoms with Gasteiger partial charge in [-0.05, 0) is 20.0 Å². The van der Waals surface area contributed by atoms with Crippen LogP contribution in [0.5, 0.6) is 0 Å². The number of halogens is 2. The Labute approximate surface area is 197 Å². The molecule has 144 valence electrons. The zero-order chi connectivity index (χ0) is 17.7. The molecule has 4 aromatic carbocycles. The maximum Gasteiger partial charge on any atom is 4.00 e. The first-order valence-electron chi connectivity index (χ1n) is 9.10. The van der Waals surface area contributed by atoms with Gasteiger partial charge >= 0.3 is 21.7 Å². The smallest absolute Gasteiger partial charge is 1.00 e. The molecular weight excluding hydrogens is 438 g/mol. The largest absolute Gasteiger partial charge is 4.00 e. The van der Waals surface area contributed by atoms with Gasteiger partial charge in [0, 0.05) is 0 Å². The van der Waals surface area contributed by atoms with E-state index in [1.54, 1.807) is 0 Å².